The van der Waals surface area contributed by atoms with Crippen molar-refractivity contribution in [2.45, 2.75) is 92.7 Å². The third kappa shape index (κ3) is 6.47. The molecule has 2 fully saturated rings. The van der Waals surface area contributed by atoms with Crippen molar-refractivity contribution in [3.05, 3.63) is 0 Å². The lowest BCUT2D eigenvalue weighted by Crippen LogP contribution is -2.66. The van der Waals surface area contributed by atoms with E-state index in [-0.39, 0.29) is 12.2 Å². The van der Waals surface area contributed by atoms with Crippen molar-refractivity contribution in [2.24, 2.45) is 0 Å². The second-order valence-electron chi connectivity index (χ2n) is 8.81. The second-order valence-corrected chi connectivity index (χ2v) is 8.81. The van der Waals surface area contributed by atoms with Gasteiger partial charge in [0, 0.05) is 7.11 Å². The minimum absolute atomic E-state index is 0.0180. The van der Waals surface area contributed by atoms with Gasteiger partial charge in [-0.05, 0) is 20.4 Å². The first-order valence-electron chi connectivity index (χ1n) is 11.1. The van der Waals surface area contributed by atoms with Gasteiger partial charge in [-0.3, -0.25) is 10.1 Å². The molecule has 34 heavy (non-hydrogen) atoms. The Hall–Kier alpha value is -0.850. The largest absolute Gasteiger partial charge is 0.394 e. The Morgan fingerprint density at radius 3 is 2.24 bits per heavy atom. The van der Waals surface area contributed by atoms with Crippen LogP contribution in [0, 0.1) is 0 Å². The van der Waals surface area contributed by atoms with Gasteiger partial charge >= 0.3 is 0 Å². The van der Waals surface area contributed by atoms with Crippen molar-refractivity contribution in [3.63, 3.8) is 0 Å². The maximum absolute atomic E-state index is 11.6. The van der Waals surface area contributed by atoms with Crippen LogP contribution in [-0.4, -0.2) is 147 Å². The van der Waals surface area contributed by atoms with E-state index in [9.17, 15) is 45.6 Å². The Kier molecular flexibility index (Phi) is 10.7. The summed E-state index contributed by atoms with van der Waals surface area (Å²) in [6.45, 7) is -0.185. The van der Waals surface area contributed by atoms with Crippen LogP contribution in [-0.2, 0) is 19.0 Å². The predicted octanol–water partition coefficient (Wildman–Crippen LogP) is -5.48. The summed E-state index contributed by atoms with van der Waals surface area (Å²) in [6, 6.07) is -2.76. The summed E-state index contributed by atoms with van der Waals surface area (Å²) in [5, 5.41) is 88.0. The maximum Gasteiger partial charge on any atom is 0.283 e. The van der Waals surface area contributed by atoms with Crippen molar-refractivity contribution < 1.29 is 59.9 Å². The van der Waals surface area contributed by atoms with Crippen LogP contribution >= 0.6 is 0 Å². The first-order valence-corrected chi connectivity index (χ1v) is 11.1. The molecular formula is C20H38N2O12. The molecule has 2 aliphatic rings. The number of Topliss-reactive ketones (excluding diaryl/α,β-unsaturated/α-hetero) is 1. The van der Waals surface area contributed by atoms with Gasteiger partial charge < -0.3 is 60.4 Å². The summed E-state index contributed by atoms with van der Waals surface area (Å²) >= 11 is 0. The fraction of sp³-hybridized carbons (Fsp3) is 0.950. The maximum atomic E-state index is 11.6. The number of aliphatic hydroxyl groups is 8. The average Bonchev–Trinajstić information content (AvgIpc) is 3.18. The molecule has 0 aromatic heterocycles. The summed E-state index contributed by atoms with van der Waals surface area (Å²) < 4.78 is 15.9. The zero-order chi connectivity index (χ0) is 25.8. The molecule has 0 aromatic carbocycles. The molecule has 2 saturated heterocycles. The van der Waals surface area contributed by atoms with Crippen LogP contribution in [0.25, 0.3) is 0 Å². The van der Waals surface area contributed by atoms with E-state index in [1.54, 1.807) is 0 Å². The molecule has 0 bridgehead atoms. The van der Waals surface area contributed by atoms with Crippen LogP contribution in [0.1, 0.15) is 19.8 Å². The van der Waals surface area contributed by atoms with E-state index in [1.165, 1.54) is 21.1 Å². The van der Waals surface area contributed by atoms with E-state index in [0.29, 0.717) is 0 Å². The van der Waals surface area contributed by atoms with E-state index >= 15 is 0 Å². The zero-order valence-corrected chi connectivity index (χ0v) is 19.4. The summed E-state index contributed by atoms with van der Waals surface area (Å²) in [5.74, 6) is -2.89. The van der Waals surface area contributed by atoms with Gasteiger partial charge in [-0.25, -0.2) is 0 Å². The van der Waals surface area contributed by atoms with Gasteiger partial charge in [0.2, 0.25) is 0 Å². The number of carbonyl (C=O) groups is 1. The Morgan fingerprint density at radius 1 is 1.15 bits per heavy atom. The molecule has 0 aliphatic carbocycles. The average molecular weight is 499 g/mol. The number of hydrogen-bond acceptors (Lipinski definition) is 14. The predicted molar refractivity (Wildman–Crippen MR) is 113 cm³/mol. The Bertz CT molecular complexity index is 655. The lowest BCUT2D eigenvalue weighted by molar-refractivity contribution is -0.430. The minimum Gasteiger partial charge on any atom is -0.394 e. The van der Waals surface area contributed by atoms with Crippen molar-refractivity contribution in [1.82, 2.24) is 10.6 Å². The Labute approximate surface area is 197 Å². The first-order chi connectivity index (χ1) is 15.9. The number of ketones is 1. The van der Waals surface area contributed by atoms with Crippen LogP contribution < -0.4 is 10.6 Å². The number of hydrogen-bond donors (Lipinski definition) is 10. The van der Waals surface area contributed by atoms with Crippen molar-refractivity contribution in [2.75, 3.05) is 27.4 Å². The molecule has 14 heteroatoms. The number of methoxy groups -OCH3 is 1. The Balaban J connectivity index is 2.17. The van der Waals surface area contributed by atoms with Gasteiger partial charge in [-0.15, -0.1) is 0 Å². The first kappa shape index (κ1) is 29.4. The highest BCUT2D eigenvalue weighted by Crippen LogP contribution is 2.33. The van der Waals surface area contributed by atoms with Gasteiger partial charge in [0.05, 0.1) is 50.0 Å². The molecule has 0 saturated carbocycles. The lowest BCUT2D eigenvalue weighted by atomic mass is 9.91. The fourth-order valence-electron chi connectivity index (χ4n) is 4.49. The molecule has 14 nitrogen and oxygen atoms in total. The SMILES string of the molecule is CNC1C(O)CC(O)(O[C@H](CO)[C@@H](O)C(O)C2NC(C(C)=O)CC2O)OC1[C@H](O)[C@@H](CO)OC. The molecule has 0 radical (unpaired) electrons. The van der Waals surface area contributed by atoms with E-state index in [4.69, 9.17) is 14.2 Å². The fourth-order valence-corrected chi connectivity index (χ4v) is 4.49. The van der Waals surface area contributed by atoms with E-state index < -0.39 is 92.6 Å². The summed E-state index contributed by atoms with van der Waals surface area (Å²) in [5.41, 5.74) is 0. The highest BCUT2D eigenvalue weighted by atomic mass is 16.8. The lowest BCUT2D eigenvalue weighted by Gasteiger charge is -2.47. The number of aliphatic hydroxyl groups excluding tert-OH is 7. The second kappa shape index (κ2) is 12.4. The number of ether oxygens (including phenoxy) is 3. The molecule has 8 unspecified atom stereocenters. The van der Waals surface area contributed by atoms with Gasteiger partial charge in [-0.2, -0.15) is 0 Å². The molecular weight excluding hydrogens is 460 g/mol. The topological polar surface area (TPSA) is 231 Å². The van der Waals surface area contributed by atoms with E-state index in [0.717, 1.165) is 0 Å². The van der Waals surface area contributed by atoms with Crippen molar-refractivity contribution in [1.29, 1.82) is 0 Å². The molecule has 2 heterocycles. The zero-order valence-electron chi connectivity index (χ0n) is 19.4. The summed E-state index contributed by atoms with van der Waals surface area (Å²) in [6.07, 6.45) is -12.3. The quantitative estimate of drug-likeness (QED) is 0.113. The van der Waals surface area contributed by atoms with Crippen LogP contribution in [0.5, 0.6) is 0 Å². The van der Waals surface area contributed by atoms with Gasteiger partial charge in [0.15, 0.2) is 0 Å². The number of likely N-dealkylation sites (N-methyl/N-ethyl adjacent to an activating group) is 1. The monoisotopic (exact) mass is 498 g/mol. The summed E-state index contributed by atoms with van der Waals surface area (Å²) in [7, 11) is 2.72. The van der Waals surface area contributed by atoms with Crippen LogP contribution in [0.3, 0.4) is 0 Å². The molecule has 0 aromatic rings. The van der Waals surface area contributed by atoms with Crippen LogP contribution in [0.2, 0.25) is 0 Å². The van der Waals surface area contributed by atoms with Gasteiger partial charge in [-0.1, -0.05) is 0 Å². The Morgan fingerprint density at radius 2 is 1.76 bits per heavy atom. The molecule has 200 valence electrons. The molecule has 12 atom stereocenters. The number of nitrogens with one attached hydrogen (secondary N) is 2. The molecule has 2 rings (SSSR count). The number of carbonyl (C=O) groups excluding carboxylic acids is 1. The minimum atomic E-state index is -2.62. The highest BCUT2D eigenvalue weighted by molar-refractivity contribution is 5.81. The molecule has 0 spiro atoms. The highest BCUT2D eigenvalue weighted by Gasteiger charge is 2.52. The number of rotatable bonds is 12. The van der Waals surface area contributed by atoms with Gasteiger partial charge in [0.25, 0.3) is 5.97 Å². The normalized spacial score (nSPS) is 38.8. The van der Waals surface area contributed by atoms with Gasteiger partial charge in [0.1, 0.15) is 42.4 Å². The van der Waals surface area contributed by atoms with Crippen molar-refractivity contribution in [3.8, 4) is 0 Å². The van der Waals surface area contributed by atoms with Crippen LogP contribution in [0.4, 0.5) is 0 Å². The molecule has 0 amide bonds. The standard InChI is InChI=1S/C20H38N2O12/c1-8(25)9-4-10(26)14(22-9)18(30)16(28)13(7-24)33-20(31)5-11(27)15(21-2)19(34-20)17(29)12(6-23)32-3/h9-19,21-24,26-31H,4-7H2,1-3H3/t9?,10?,11?,12-,13-,14?,15?,16-,17-,18?,19?,20?/m1/s1. The van der Waals surface area contributed by atoms with Crippen LogP contribution in [0.15, 0.2) is 0 Å². The third-order valence-electron chi connectivity index (χ3n) is 6.48. The van der Waals surface area contributed by atoms with E-state index in [2.05, 4.69) is 10.6 Å². The third-order valence-corrected chi connectivity index (χ3v) is 6.48. The molecule has 10 N–H and O–H groups in total. The smallest absolute Gasteiger partial charge is 0.283 e. The molecule has 2 aliphatic heterocycles. The van der Waals surface area contributed by atoms with Crippen molar-refractivity contribution >= 4 is 5.78 Å². The summed E-state index contributed by atoms with van der Waals surface area (Å²) in [4.78, 5) is 11.6. The van der Waals surface area contributed by atoms with E-state index in [1.807, 2.05) is 0 Å².